The highest BCUT2D eigenvalue weighted by molar-refractivity contribution is 5.33. The third-order valence-electron chi connectivity index (χ3n) is 4.53. The maximum atomic E-state index is 8.76. The van der Waals surface area contributed by atoms with Crippen molar-refractivity contribution in [3.63, 3.8) is 0 Å². The standard InChI is InChI=1S/C15H19N.C4H6O/c1-2-12-3-7-14(8-4-12)15-9-5-13(11-16)6-10-15;1-2-4-5-3-1/h5-6,9-10,12,14H,2-4,7-8H2,1H3;1,3H,2,4H2. The molecule has 3 rings (SSSR count). The van der Waals surface area contributed by atoms with Gasteiger partial charge in [-0.25, -0.2) is 0 Å². The molecule has 0 amide bonds. The second kappa shape index (κ2) is 8.52. The van der Waals surface area contributed by atoms with E-state index in [1.165, 1.54) is 37.7 Å². The molecule has 0 atom stereocenters. The van der Waals surface area contributed by atoms with Crippen LogP contribution in [-0.2, 0) is 4.74 Å². The summed E-state index contributed by atoms with van der Waals surface area (Å²) in [5.74, 6) is 1.69. The van der Waals surface area contributed by atoms with E-state index >= 15 is 0 Å². The van der Waals surface area contributed by atoms with Crippen molar-refractivity contribution in [1.29, 1.82) is 5.26 Å². The molecule has 1 fully saturated rings. The minimum absolute atomic E-state index is 0.732. The molecule has 0 aromatic heterocycles. The van der Waals surface area contributed by atoms with Gasteiger partial charge in [0, 0.05) is 6.42 Å². The van der Waals surface area contributed by atoms with Crippen LogP contribution in [0.1, 0.15) is 62.5 Å². The molecule has 1 heterocycles. The van der Waals surface area contributed by atoms with Gasteiger partial charge >= 0.3 is 0 Å². The van der Waals surface area contributed by atoms with Crippen molar-refractivity contribution in [1.82, 2.24) is 0 Å². The maximum Gasteiger partial charge on any atom is 0.0991 e. The molecule has 1 saturated carbocycles. The fourth-order valence-electron chi connectivity index (χ4n) is 3.07. The van der Waals surface area contributed by atoms with E-state index in [1.54, 1.807) is 6.26 Å². The van der Waals surface area contributed by atoms with Gasteiger partial charge in [-0.3, -0.25) is 0 Å². The lowest BCUT2D eigenvalue weighted by Crippen LogP contribution is -2.12. The average molecular weight is 283 g/mol. The van der Waals surface area contributed by atoms with Gasteiger partial charge in [0.15, 0.2) is 0 Å². The fraction of sp³-hybridized carbons (Fsp3) is 0.526. The van der Waals surface area contributed by atoms with E-state index in [-0.39, 0.29) is 0 Å². The monoisotopic (exact) mass is 283 g/mol. The van der Waals surface area contributed by atoms with E-state index in [0.29, 0.717) is 0 Å². The van der Waals surface area contributed by atoms with Crippen molar-refractivity contribution in [2.75, 3.05) is 6.61 Å². The van der Waals surface area contributed by atoms with Crippen LogP contribution in [0.2, 0.25) is 0 Å². The molecule has 0 spiro atoms. The first kappa shape index (κ1) is 15.6. The molecule has 1 aromatic carbocycles. The molecule has 2 aliphatic rings. The summed E-state index contributed by atoms with van der Waals surface area (Å²) in [6, 6.07) is 10.3. The highest BCUT2D eigenvalue weighted by atomic mass is 16.5. The van der Waals surface area contributed by atoms with Gasteiger partial charge in [0.1, 0.15) is 0 Å². The summed E-state index contributed by atoms with van der Waals surface area (Å²) >= 11 is 0. The summed E-state index contributed by atoms with van der Waals surface area (Å²) in [6.07, 6.45) is 11.6. The van der Waals surface area contributed by atoms with Gasteiger partial charge < -0.3 is 4.74 Å². The smallest absolute Gasteiger partial charge is 0.0991 e. The van der Waals surface area contributed by atoms with E-state index in [4.69, 9.17) is 10.00 Å². The summed E-state index contributed by atoms with van der Waals surface area (Å²) in [6.45, 7) is 3.19. The van der Waals surface area contributed by atoms with Gasteiger partial charge in [-0.05, 0) is 61.3 Å². The second-order valence-corrected chi connectivity index (χ2v) is 5.89. The largest absolute Gasteiger partial charge is 0.501 e. The molecular weight excluding hydrogens is 258 g/mol. The van der Waals surface area contributed by atoms with Gasteiger partial charge in [-0.15, -0.1) is 0 Å². The Morgan fingerprint density at radius 2 is 1.86 bits per heavy atom. The van der Waals surface area contributed by atoms with Gasteiger partial charge in [0.05, 0.1) is 24.5 Å². The van der Waals surface area contributed by atoms with E-state index in [0.717, 1.165) is 30.4 Å². The molecule has 1 aliphatic heterocycles. The third kappa shape index (κ3) is 4.93. The molecule has 0 saturated heterocycles. The van der Waals surface area contributed by atoms with Gasteiger partial charge in [-0.1, -0.05) is 25.5 Å². The third-order valence-corrected chi connectivity index (χ3v) is 4.53. The van der Waals surface area contributed by atoms with Crippen LogP contribution in [-0.4, -0.2) is 6.61 Å². The quantitative estimate of drug-likeness (QED) is 0.750. The molecule has 1 aromatic rings. The molecule has 0 unspecified atom stereocenters. The number of hydrogen-bond donors (Lipinski definition) is 0. The van der Waals surface area contributed by atoms with Crippen LogP contribution in [0.3, 0.4) is 0 Å². The van der Waals surface area contributed by atoms with E-state index in [2.05, 4.69) is 25.1 Å². The van der Waals surface area contributed by atoms with Crippen LogP contribution in [0.5, 0.6) is 0 Å². The topological polar surface area (TPSA) is 33.0 Å². The first-order valence-corrected chi connectivity index (χ1v) is 8.10. The molecule has 112 valence electrons. The normalized spacial score (nSPS) is 23.6. The average Bonchev–Trinajstić information content (AvgIpc) is 3.15. The predicted molar refractivity (Wildman–Crippen MR) is 85.9 cm³/mol. The van der Waals surface area contributed by atoms with Gasteiger partial charge in [0.2, 0.25) is 0 Å². The predicted octanol–water partition coefficient (Wildman–Crippen LogP) is 5.16. The molecule has 1 aliphatic carbocycles. The summed E-state index contributed by atoms with van der Waals surface area (Å²) in [4.78, 5) is 0. The molecular formula is C19H25NO. The zero-order chi connectivity index (χ0) is 14.9. The first-order chi connectivity index (χ1) is 10.3. The molecule has 0 N–H and O–H groups in total. The number of benzene rings is 1. The first-order valence-electron chi connectivity index (χ1n) is 8.10. The van der Waals surface area contributed by atoms with Crippen LogP contribution in [0.15, 0.2) is 36.6 Å². The van der Waals surface area contributed by atoms with E-state index < -0.39 is 0 Å². The summed E-state index contributed by atoms with van der Waals surface area (Å²) in [5, 5.41) is 8.76. The SMILES string of the molecule is C1=COCC1.CCC1CCC(c2ccc(C#N)cc2)CC1. The lowest BCUT2D eigenvalue weighted by Gasteiger charge is -2.28. The van der Waals surface area contributed by atoms with Crippen molar-refractivity contribution in [2.45, 2.75) is 51.4 Å². The molecule has 2 heteroatoms. The van der Waals surface area contributed by atoms with Crippen molar-refractivity contribution in [2.24, 2.45) is 5.92 Å². The lowest BCUT2D eigenvalue weighted by molar-refractivity contribution is 0.281. The van der Waals surface area contributed by atoms with Gasteiger partial charge in [0.25, 0.3) is 0 Å². The summed E-state index contributed by atoms with van der Waals surface area (Å²) < 4.78 is 4.76. The number of hydrogen-bond acceptors (Lipinski definition) is 2. The Morgan fingerprint density at radius 3 is 2.29 bits per heavy atom. The Morgan fingerprint density at radius 1 is 1.14 bits per heavy atom. The highest BCUT2D eigenvalue weighted by Gasteiger charge is 2.20. The van der Waals surface area contributed by atoms with Crippen LogP contribution in [0, 0.1) is 17.2 Å². The number of ether oxygens (including phenoxy) is 1. The van der Waals surface area contributed by atoms with Crippen LogP contribution in [0.25, 0.3) is 0 Å². The Bertz CT molecular complexity index is 469. The van der Waals surface area contributed by atoms with Gasteiger partial charge in [-0.2, -0.15) is 5.26 Å². The number of nitrogens with zero attached hydrogens (tertiary/aromatic N) is 1. The van der Waals surface area contributed by atoms with Crippen molar-refractivity contribution >= 4 is 0 Å². The highest BCUT2D eigenvalue weighted by Crippen LogP contribution is 2.36. The van der Waals surface area contributed by atoms with Crippen molar-refractivity contribution < 1.29 is 4.74 Å². The molecule has 0 radical (unpaired) electrons. The Hall–Kier alpha value is -1.75. The summed E-state index contributed by atoms with van der Waals surface area (Å²) in [5.41, 5.74) is 2.19. The second-order valence-electron chi connectivity index (χ2n) is 5.89. The van der Waals surface area contributed by atoms with E-state index in [1.807, 2.05) is 18.2 Å². The maximum absolute atomic E-state index is 8.76. The number of rotatable bonds is 2. The lowest BCUT2D eigenvalue weighted by atomic mass is 9.78. The van der Waals surface area contributed by atoms with Crippen LogP contribution < -0.4 is 0 Å². The Kier molecular flexibility index (Phi) is 6.34. The minimum atomic E-state index is 0.732. The number of nitriles is 1. The van der Waals surface area contributed by atoms with Crippen molar-refractivity contribution in [3.05, 3.63) is 47.7 Å². The van der Waals surface area contributed by atoms with Crippen molar-refractivity contribution in [3.8, 4) is 6.07 Å². The molecule has 0 bridgehead atoms. The zero-order valence-corrected chi connectivity index (χ0v) is 12.9. The van der Waals surface area contributed by atoms with E-state index in [9.17, 15) is 0 Å². The van der Waals surface area contributed by atoms with Crippen LogP contribution in [0.4, 0.5) is 0 Å². The minimum Gasteiger partial charge on any atom is -0.501 e. The Balaban J connectivity index is 0.000000272. The summed E-state index contributed by atoms with van der Waals surface area (Å²) in [7, 11) is 0. The Labute approximate surface area is 128 Å². The van der Waals surface area contributed by atoms with Crippen LogP contribution >= 0.6 is 0 Å². The molecule has 21 heavy (non-hydrogen) atoms. The fourth-order valence-corrected chi connectivity index (χ4v) is 3.07. The molecule has 2 nitrogen and oxygen atoms in total. The zero-order valence-electron chi connectivity index (χ0n) is 12.9.